The van der Waals surface area contributed by atoms with Gasteiger partial charge in [-0.05, 0) is 91.5 Å². The van der Waals surface area contributed by atoms with Crippen LogP contribution in [0.25, 0.3) is 0 Å². The molecule has 0 atom stereocenters. The van der Waals surface area contributed by atoms with Gasteiger partial charge in [0.25, 0.3) is 0 Å². The Hall–Kier alpha value is -2.88. The lowest BCUT2D eigenvalue weighted by molar-refractivity contribution is -0.278. The molecule has 1 heterocycles. The van der Waals surface area contributed by atoms with Crippen molar-refractivity contribution in [3.8, 4) is 0 Å². The van der Waals surface area contributed by atoms with Crippen LogP contribution in [0, 0.1) is 23.3 Å². The Morgan fingerprint density at radius 2 is 1.42 bits per heavy atom. The van der Waals surface area contributed by atoms with Crippen LogP contribution in [0.3, 0.4) is 0 Å². The second-order valence-corrected chi connectivity index (χ2v) is 11.5. The van der Waals surface area contributed by atoms with Gasteiger partial charge in [-0.2, -0.15) is 8.78 Å². The summed E-state index contributed by atoms with van der Waals surface area (Å²) >= 11 is 0. The van der Waals surface area contributed by atoms with Crippen molar-refractivity contribution in [1.29, 1.82) is 0 Å². The van der Waals surface area contributed by atoms with Gasteiger partial charge in [-0.15, -0.1) is 0 Å². The van der Waals surface area contributed by atoms with Gasteiger partial charge < -0.3 is 14.2 Å². The molecular formula is C34H36F6O3. The molecule has 5 rings (SSSR count). The van der Waals surface area contributed by atoms with Gasteiger partial charge in [-0.25, -0.2) is 17.6 Å². The Morgan fingerprint density at radius 1 is 0.721 bits per heavy atom. The molecule has 0 aromatic heterocycles. The summed E-state index contributed by atoms with van der Waals surface area (Å²) in [5.41, 5.74) is 1.47. The summed E-state index contributed by atoms with van der Waals surface area (Å²) in [4.78, 5) is 0. The van der Waals surface area contributed by atoms with E-state index < -0.39 is 47.3 Å². The van der Waals surface area contributed by atoms with Crippen LogP contribution >= 0.6 is 0 Å². The van der Waals surface area contributed by atoms with E-state index in [-0.39, 0.29) is 25.0 Å². The van der Waals surface area contributed by atoms with Crippen molar-refractivity contribution in [2.75, 3.05) is 13.2 Å². The number of hydrogen-bond acceptors (Lipinski definition) is 3. The molecular weight excluding hydrogens is 570 g/mol. The molecule has 2 fully saturated rings. The largest absolute Gasteiger partial charge is 0.386 e. The number of aryl methyl sites for hydroxylation is 1. The van der Waals surface area contributed by atoms with Crippen LogP contribution in [-0.4, -0.2) is 19.3 Å². The van der Waals surface area contributed by atoms with E-state index in [1.165, 1.54) is 24.3 Å². The zero-order valence-corrected chi connectivity index (χ0v) is 24.1. The molecule has 1 aliphatic heterocycles. The Bertz CT molecular complexity index is 1380. The Morgan fingerprint density at radius 3 is 2.07 bits per heavy atom. The van der Waals surface area contributed by atoms with Crippen LogP contribution in [0.1, 0.15) is 97.8 Å². The van der Waals surface area contributed by atoms with Gasteiger partial charge in [0.1, 0.15) is 11.6 Å². The Kier molecular flexibility index (Phi) is 10.1. The molecule has 2 aliphatic rings. The van der Waals surface area contributed by atoms with Crippen molar-refractivity contribution in [3.63, 3.8) is 0 Å². The SMILES string of the molecule is CCCCCc1ccc(C(F)(F)OC2CCC(c3ccc(C4COC(c5ccc(F)c(F)c5)OC4)c(F)c3)CC2)c(F)c1. The van der Waals surface area contributed by atoms with Crippen molar-refractivity contribution in [2.24, 2.45) is 0 Å². The van der Waals surface area contributed by atoms with Crippen LogP contribution in [0.5, 0.6) is 0 Å². The number of ether oxygens (including phenoxy) is 3. The first kappa shape index (κ1) is 31.5. The van der Waals surface area contributed by atoms with E-state index in [0.717, 1.165) is 43.0 Å². The molecule has 0 N–H and O–H groups in total. The molecule has 43 heavy (non-hydrogen) atoms. The lowest BCUT2D eigenvalue weighted by atomic mass is 9.82. The van der Waals surface area contributed by atoms with Gasteiger partial charge in [0.15, 0.2) is 17.9 Å². The minimum atomic E-state index is -3.74. The predicted octanol–water partition coefficient (Wildman–Crippen LogP) is 9.60. The molecule has 232 valence electrons. The van der Waals surface area contributed by atoms with Gasteiger partial charge in [-0.1, -0.05) is 44.0 Å². The number of benzene rings is 3. The van der Waals surface area contributed by atoms with E-state index in [0.29, 0.717) is 48.8 Å². The Balaban J connectivity index is 1.13. The first-order valence-electron chi connectivity index (χ1n) is 15.0. The van der Waals surface area contributed by atoms with Crippen LogP contribution in [0.15, 0.2) is 54.6 Å². The molecule has 0 spiro atoms. The molecule has 1 saturated heterocycles. The van der Waals surface area contributed by atoms with E-state index in [4.69, 9.17) is 14.2 Å². The average Bonchev–Trinajstić information content (AvgIpc) is 2.99. The number of alkyl halides is 2. The zero-order valence-electron chi connectivity index (χ0n) is 24.1. The second kappa shape index (κ2) is 13.8. The topological polar surface area (TPSA) is 27.7 Å². The standard InChI is InChI=1S/C34H36F6O3/c1-2-3-4-5-21-6-14-28(31(37)16-21)34(39,40)43-26-11-7-22(8-12-26)23-9-13-27(30(36)17-23)25-19-41-33(42-20-25)24-10-15-29(35)32(38)18-24/h6,9-10,13-18,22,25-26,33H,2-5,7-8,11-12,19-20H2,1H3. The molecule has 3 aromatic rings. The van der Waals surface area contributed by atoms with Crippen molar-refractivity contribution < 1.29 is 40.6 Å². The van der Waals surface area contributed by atoms with Gasteiger partial charge in [-0.3, -0.25) is 0 Å². The molecule has 1 saturated carbocycles. The van der Waals surface area contributed by atoms with Crippen LogP contribution in [0.2, 0.25) is 0 Å². The fraction of sp³-hybridized carbons (Fsp3) is 0.471. The molecule has 9 heteroatoms. The highest BCUT2D eigenvalue weighted by Crippen LogP contribution is 2.41. The highest BCUT2D eigenvalue weighted by atomic mass is 19.3. The molecule has 0 unspecified atom stereocenters. The quantitative estimate of drug-likeness (QED) is 0.170. The van der Waals surface area contributed by atoms with Gasteiger partial charge in [0, 0.05) is 11.5 Å². The van der Waals surface area contributed by atoms with E-state index in [1.807, 2.05) is 6.07 Å². The molecule has 0 amide bonds. The second-order valence-electron chi connectivity index (χ2n) is 11.5. The van der Waals surface area contributed by atoms with E-state index in [1.54, 1.807) is 6.07 Å². The summed E-state index contributed by atoms with van der Waals surface area (Å²) in [7, 11) is 0. The van der Waals surface area contributed by atoms with Crippen molar-refractivity contribution in [2.45, 2.75) is 88.6 Å². The van der Waals surface area contributed by atoms with E-state index in [9.17, 15) is 22.0 Å². The maximum Gasteiger partial charge on any atom is 0.386 e. The summed E-state index contributed by atoms with van der Waals surface area (Å²) in [5.74, 6) is -3.75. The molecule has 1 aliphatic carbocycles. The summed E-state index contributed by atoms with van der Waals surface area (Å²) in [5, 5.41) is 0. The van der Waals surface area contributed by atoms with Gasteiger partial charge >= 0.3 is 6.11 Å². The summed E-state index contributed by atoms with van der Waals surface area (Å²) in [6.07, 6.45) is -0.0624. The molecule has 0 radical (unpaired) electrons. The maximum atomic E-state index is 15.2. The highest BCUT2D eigenvalue weighted by Gasteiger charge is 2.40. The molecule has 0 bridgehead atoms. The predicted molar refractivity (Wildman–Crippen MR) is 150 cm³/mol. The minimum absolute atomic E-state index is 0.0206. The lowest BCUT2D eigenvalue weighted by Crippen LogP contribution is -2.30. The van der Waals surface area contributed by atoms with Crippen LogP contribution < -0.4 is 0 Å². The third kappa shape index (κ3) is 7.62. The third-order valence-electron chi connectivity index (χ3n) is 8.45. The van der Waals surface area contributed by atoms with Crippen LogP contribution in [0.4, 0.5) is 26.3 Å². The third-order valence-corrected chi connectivity index (χ3v) is 8.45. The van der Waals surface area contributed by atoms with Crippen molar-refractivity contribution in [3.05, 3.63) is 106 Å². The maximum absolute atomic E-state index is 15.2. The fourth-order valence-electron chi connectivity index (χ4n) is 5.98. The van der Waals surface area contributed by atoms with Crippen molar-refractivity contribution in [1.82, 2.24) is 0 Å². The minimum Gasteiger partial charge on any atom is -0.348 e. The van der Waals surface area contributed by atoms with E-state index in [2.05, 4.69) is 6.92 Å². The fourth-order valence-corrected chi connectivity index (χ4v) is 5.98. The zero-order chi connectivity index (χ0) is 30.6. The van der Waals surface area contributed by atoms with Crippen molar-refractivity contribution >= 4 is 0 Å². The van der Waals surface area contributed by atoms with Gasteiger partial charge in [0.2, 0.25) is 0 Å². The first-order valence-corrected chi connectivity index (χ1v) is 15.0. The Labute approximate surface area is 248 Å². The summed E-state index contributed by atoms with van der Waals surface area (Å²) in [6.45, 7) is 2.34. The number of halogens is 6. The van der Waals surface area contributed by atoms with Crippen LogP contribution in [-0.2, 0) is 26.7 Å². The summed E-state index contributed by atoms with van der Waals surface area (Å²) in [6, 6.07) is 12.2. The number of rotatable bonds is 10. The highest BCUT2D eigenvalue weighted by molar-refractivity contribution is 5.31. The normalized spacial score (nSPS) is 23.0. The molecule has 3 nitrogen and oxygen atoms in total. The smallest absolute Gasteiger partial charge is 0.348 e. The summed E-state index contributed by atoms with van der Waals surface area (Å²) < 4.78 is 103. The lowest BCUT2D eigenvalue weighted by Gasteiger charge is -2.32. The van der Waals surface area contributed by atoms with E-state index >= 15 is 4.39 Å². The first-order chi connectivity index (χ1) is 20.6. The number of hydrogen-bond donors (Lipinski definition) is 0. The molecule has 3 aromatic carbocycles. The average molecular weight is 607 g/mol. The monoisotopic (exact) mass is 606 g/mol. The van der Waals surface area contributed by atoms with Gasteiger partial charge in [0.05, 0.1) is 24.9 Å². The number of unbranched alkanes of at least 4 members (excludes halogenated alkanes) is 2.